The van der Waals surface area contributed by atoms with Crippen molar-refractivity contribution in [2.75, 3.05) is 5.32 Å². The van der Waals surface area contributed by atoms with Gasteiger partial charge in [0.15, 0.2) is 0 Å². The Balaban J connectivity index is 1.41. The molecule has 0 spiro atoms. The first-order valence-corrected chi connectivity index (χ1v) is 14.5. The van der Waals surface area contributed by atoms with Crippen LogP contribution in [0.1, 0.15) is 46.1 Å². The fourth-order valence-corrected chi connectivity index (χ4v) is 5.96. The van der Waals surface area contributed by atoms with Crippen molar-refractivity contribution in [3.05, 3.63) is 47.3 Å². The normalized spacial score (nSPS) is 17.6. The van der Waals surface area contributed by atoms with Gasteiger partial charge < -0.3 is 31.1 Å². The van der Waals surface area contributed by atoms with Crippen molar-refractivity contribution in [1.29, 1.82) is 0 Å². The number of alkyl halides is 3. The summed E-state index contributed by atoms with van der Waals surface area (Å²) < 4.78 is 42.8. The zero-order valence-electron chi connectivity index (χ0n) is 25.3. The van der Waals surface area contributed by atoms with Crippen molar-refractivity contribution in [3.63, 3.8) is 0 Å². The van der Waals surface area contributed by atoms with Gasteiger partial charge in [-0.15, -0.1) is 13.2 Å². The van der Waals surface area contributed by atoms with E-state index in [2.05, 4.69) is 30.8 Å². The van der Waals surface area contributed by atoms with Gasteiger partial charge in [-0.05, 0) is 45.2 Å². The lowest BCUT2D eigenvalue weighted by atomic mass is 10.1. The first-order valence-electron chi connectivity index (χ1n) is 14.5. The molecule has 19 heteroatoms. The smallest absolute Gasteiger partial charge is 0.389 e. The van der Waals surface area contributed by atoms with E-state index in [-0.39, 0.29) is 62.6 Å². The third kappa shape index (κ3) is 6.29. The van der Waals surface area contributed by atoms with Crippen molar-refractivity contribution in [3.8, 4) is 11.3 Å². The monoisotopic (exact) mass is 660 g/mol. The molecule has 5 heterocycles. The van der Waals surface area contributed by atoms with Crippen molar-refractivity contribution in [2.45, 2.75) is 76.7 Å². The van der Waals surface area contributed by atoms with Gasteiger partial charge in [0, 0.05) is 36.8 Å². The van der Waals surface area contributed by atoms with E-state index in [9.17, 15) is 43.2 Å². The summed E-state index contributed by atoms with van der Waals surface area (Å²) in [4.78, 5) is 33.8. The molecular formula is C28H31F3N10O6. The molecule has 1 aliphatic carbocycles. The minimum Gasteiger partial charge on any atom is -0.389 e. The second-order valence-corrected chi connectivity index (χ2v) is 12.2. The van der Waals surface area contributed by atoms with Gasteiger partial charge >= 0.3 is 18.1 Å². The molecule has 6 rings (SSSR count). The third-order valence-electron chi connectivity index (χ3n) is 7.74. The topological polar surface area (TPSA) is 210 Å². The minimum absolute atomic E-state index is 0.00409. The number of aromatic nitrogens is 8. The fourth-order valence-electron chi connectivity index (χ4n) is 5.96. The molecule has 1 amide bonds. The SMILES string of the molecule is CC(=O)NC1CCC(n2c(=O)n(C(O)(O)O)c3cnc(Nc4ccc5c(n4)c(-c4cnn(C(F)(F)F)c4)nn5CC(C)(C)O)cc32)C1. The van der Waals surface area contributed by atoms with Crippen LogP contribution in [0, 0.1) is 0 Å². The molecule has 6 N–H and O–H groups in total. The number of carbonyl (C=O) groups excluding carboxylic acids is 1. The molecule has 0 aliphatic heterocycles. The molecule has 5 aromatic heterocycles. The van der Waals surface area contributed by atoms with E-state index >= 15 is 0 Å². The minimum atomic E-state index is -4.75. The van der Waals surface area contributed by atoms with Crippen molar-refractivity contribution >= 4 is 39.6 Å². The van der Waals surface area contributed by atoms with E-state index in [0.29, 0.717) is 29.3 Å². The summed E-state index contributed by atoms with van der Waals surface area (Å²) in [5.41, 5.74) is -1.29. The molecular weight excluding hydrogens is 629 g/mol. The van der Waals surface area contributed by atoms with Crippen LogP contribution in [0.15, 0.2) is 41.6 Å². The van der Waals surface area contributed by atoms with E-state index in [1.807, 2.05) is 0 Å². The molecule has 1 aliphatic rings. The number of carbonyl (C=O) groups is 1. The molecule has 0 aromatic carbocycles. The number of amides is 1. The molecule has 1 saturated carbocycles. The van der Waals surface area contributed by atoms with Gasteiger partial charge in [-0.3, -0.25) is 14.0 Å². The lowest BCUT2D eigenvalue weighted by Gasteiger charge is -2.17. The molecule has 2 unspecified atom stereocenters. The van der Waals surface area contributed by atoms with Crippen LogP contribution in [0.3, 0.4) is 0 Å². The summed E-state index contributed by atoms with van der Waals surface area (Å²) in [6.07, 6.45) is -3.92. The van der Waals surface area contributed by atoms with Gasteiger partial charge in [0.25, 0.3) is 0 Å². The number of halogens is 3. The molecule has 5 aromatic rings. The molecule has 47 heavy (non-hydrogen) atoms. The largest absolute Gasteiger partial charge is 0.504 e. The average molecular weight is 661 g/mol. The molecule has 250 valence electrons. The second-order valence-electron chi connectivity index (χ2n) is 12.2. The van der Waals surface area contributed by atoms with Crippen LogP contribution in [0.4, 0.5) is 24.8 Å². The fraction of sp³-hybridized carbons (Fsp3) is 0.429. The number of fused-ring (bicyclic) bond motifs is 2. The highest BCUT2D eigenvalue weighted by atomic mass is 19.4. The lowest BCUT2D eigenvalue weighted by molar-refractivity contribution is -0.374. The van der Waals surface area contributed by atoms with Gasteiger partial charge in [0.05, 0.1) is 41.1 Å². The number of pyridine rings is 2. The lowest BCUT2D eigenvalue weighted by Crippen LogP contribution is -2.41. The quantitative estimate of drug-likeness (QED) is 0.132. The first-order chi connectivity index (χ1) is 21.9. The number of aliphatic hydroxyl groups is 4. The van der Waals surface area contributed by atoms with E-state index in [0.717, 1.165) is 18.6 Å². The number of imidazole rings is 1. The Kier molecular flexibility index (Phi) is 7.61. The van der Waals surface area contributed by atoms with E-state index in [1.54, 1.807) is 26.0 Å². The number of nitrogens with zero attached hydrogens (tertiary/aromatic N) is 8. The summed E-state index contributed by atoms with van der Waals surface area (Å²) in [5, 5.41) is 54.1. The Hall–Kier alpha value is -4.85. The van der Waals surface area contributed by atoms with Crippen molar-refractivity contribution < 1.29 is 38.4 Å². The van der Waals surface area contributed by atoms with Gasteiger partial charge in [-0.2, -0.15) is 14.9 Å². The summed E-state index contributed by atoms with van der Waals surface area (Å²) in [7, 11) is 0. The second kappa shape index (κ2) is 11.1. The zero-order valence-corrected chi connectivity index (χ0v) is 25.3. The van der Waals surface area contributed by atoms with Crippen LogP contribution in [0.5, 0.6) is 0 Å². The first kappa shape index (κ1) is 32.1. The summed E-state index contributed by atoms with van der Waals surface area (Å²) in [6, 6.07) is 3.95. The summed E-state index contributed by atoms with van der Waals surface area (Å²) in [5.74, 6) is 0.118. The maximum atomic E-state index is 13.4. The van der Waals surface area contributed by atoms with Crippen LogP contribution in [0.2, 0.25) is 0 Å². The molecule has 1 fully saturated rings. The van der Waals surface area contributed by atoms with Crippen LogP contribution in [-0.2, 0) is 23.7 Å². The predicted octanol–water partition coefficient (Wildman–Crippen LogP) is 1.57. The summed E-state index contributed by atoms with van der Waals surface area (Å²) >= 11 is 0. The molecule has 16 nitrogen and oxygen atoms in total. The summed E-state index contributed by atoms with van der Waals surface area (Å²) in [6.45, 7) is 4.50. The Morgan fingerprint density at radius 1 is 1.04 bits per heavy atom. The maximum absolute atomic E-state index is 13.4. The number of rotatable bonds is 8. The third-order valence-corrected chi connectivity index (χ3v) is 7.74. The van der Waals surface area contributed by atoms with Crippen LogP contribution in [-0.4, -0.2) is 76.6 Å². The number of hydrogen-bond donors (Lipinski definition) is 6. The van der Waals surface area contributed by atoms with Crippen LogP contribution in [0.25, 0.3) is 33.3 Å². The predicted molar refractivity (Wildman–Crippen MR) is 159 cm³/mol. The van der Waals surface area contributed by atoms with Crippen LogP contribution < -0.4 is 16.3 Å². The number of nitrogens with one attached hydrogen (secondary N) is 2. The highest BCUT2D eigenvalue weighted by Gasteiger charge is 2.35. The van der Waals surface area contributed by atoms with Crippen molar-refractivity contribution in [1.82, 2.24) is 44.0 Å². The maximum Gasteiger partial charge on any atom is 0.504 e. The Morgan fingerprint density at radius 3 is 2.43 bits per heavy atom. The van der Waals surface area contributed by atoms with Gasteiger partial charge in [-0.1, -0.05) is 0 Å². The molecule has 2 atom stereocenters. The van der Waals surface area contributed by atoms with E-state index in [1.165, 1.54) is 22.2 Å². The van der Waals surface area contributed by atoms with Crippen LogP contribution >= 0.6 is 0 Å². The van der Waals surface area contributed by atoms with Crippen molar-refractivity contribution in [2.24, 2.45) is 0 Å². The standard InChI is InChI=1S/C28H31F3N10O6/c1-14(42)34-16-4-5-17(8-16)40-19-9-22(32-11-20(19)41(25(40)43)28(45,46)47)35-21-7-6-18-24(36-21)23(37-38(18)13-26(2,3)44)15-10-33-39(12-15)27(29,30)31/h6-7,9-12,16-17,44-47H,4-5,8,13H2,1-3H3,(H,34,42)(H,32,35,36). The zero-order chi connectivity index (χ0) is 34.1. The average Bonchev–Trinajstić information content (AvgIpc) is 3.71. The molecule has 0 bridgehead atoms. The number of hydrogen-bond acceptors (Lipinski definition) is 11. The Morgan fingerprint density at radius 2 is 1.79 bits per heavy atom. The molecule has 0 saturated heterocycles. The Labute approximate surface area is 262 Å². The van der Waals surface area contributed by atoms with Gasteiger partial charge in [-0.25, -0.2) is 19.3 Å². The highest BCUT2D eigenvalue weighted by molar-refractivity contribution is 5.91. The molecule has 0 radical (unpaired) electrons. The van der Waals surface area contributed by atoms with E-state index < -0.39 is 29.7 Å². The van der Waals surface area contributed by atoms with E-state index in [4.69, 9.17) is 0 Å². The number of anilines is 2. The van der Waals surface area contributed by atoms with Gasteiger partial charge in [0.1, 0.15) is 22.8 Å². The highest BCUT2D eigenvalue weighted by Crippen LogP contribution is 2.34. The Bertz CT molecular complexity index is 2050. The van der Waals surface area contributed by atoms with Gasteiger partial charge in [0.2, 0.25) is 5.91 Å².